The second kappa shape index (κ2) is 8.22. The van der Waals surface area contributed by atoms with E-state index in [1.807, 2.05) is 13.0 Å². The predicted octanol–water partition coefficient (Wildman–Crippen LogP) is 3.01. The van der Waals surface area contributed by atoms with Gasteiger partial charge in [-0.15, -0.1) is 0 Å². The molecule has 0 fully saturated rings. The van der Waals surface area contributed by atoms with Crippen molar-refractivity contribution in [1.29, 1.82) is 0 Å². The van der Waals surface area contributed by atoms with Gasteiger partial charge in [0.25, 0.3) is 0 Å². The molecule has 0 heterocycles. The Balaban J connectivity index is 3.15. The maximum atomic E-state index is 13.9. The lowest BCUT2D eigenvalue weighted by molar-refractivity contribution is 0.302. The van der Waals surface area contributed by atoms with Crippen LogP contribution in [0, 0.1) is 12.7 Å². The lowest BCUT2D eigenvalue weighted by Crippen LogP contribution is -2.29. The van der Waals surface area contributed by atoms with Crippen molar-refractivity contribution in [2.24, 2.45) is 0 Å². The molecule has 0 aromatic heterocycles. The molecule has 0 amide bonds. The molecule has 0 bridgehead atoms. The van der Waals surface area contributed by atoms with Gasteiger partial charge < -0.3 is 15.3 Å². The van der Waals surface area contributed by atoms with E-state index >= 15 is 0 Å². The van der Waals surface area contributed by atoms with Gasteiger partial charge in [-0.3, -0.25) is 0 Å². The average Bonchev–Trinajstić information content (AvgIpc) is 2.44. The van der Waals surface area contributed by atoms with E-state index < -0.39 is 0 Å². The van der Waals surface area contributed by atoms with Crippen LogP contribution in [-0.2, 0) is 0 Å². The van der Waals surface area contributed by atoms with Crippen LogP contribution >= 0.6 is 0 Å². The van der Waals surface area contributed by atoms with Gasteiger partial charge in [0.15, 0.2) is 0 Å². The molecule has 1 aromatic rings. The molecule has 4 heteroatoms. The molecule has 0 aliphatic heterocycles. The minimum Gasteiger partial charge on any atom is -0.395 e. The normalized spacial score (nSPS) is 12.5. The Morgan fingerprint density at radius 2 is 2.05 bits per heavy atom. The van der Waals surface area contributed by atoms with Crippen LogP contribution in [0.4, 0.5) is 10.1 Å². The van der Waals surface area contributed by atoms with Crippen molar-refractivity contribution in [3.8, 4) is 0 Å². The highest BCUT2D eigenvalue weighted by molar-refractivity contribution is 5.57. The minimum absolute atomic E-state index is 0.0905. The highest BCUT2D eigenvalue weighted by Gasteiger charge is 2.17. The molecule has 1 rings (SSSR count). The Kier molecular flexibility index (Phi) is 6.96. The van der Waals surface area contributed by atoms with Gasteiger partial charge in [-0.1, -0.05) is 6.92 Å². The zero-order chi connectivity index (χ0) is 15.1. The van der Waals surface area contributed by atoms with Crippen molar-refractivity contribution in [3.05, 3.63) is 29.1 Å². The van der Waals surface area contributed by atoms with E-state index in [2.05, 4.69) is 24.1 Å². The Morgan fingerprint density at radius 1 is 1.35 bits per heavy atom. The fourth-order valence-corrected chi connectivity index (χ4v) is 2.34. The van der Waals surface area contributed by atoms with E-state index in [9.17, 15) is 9.50 Å². The van der Waals surface area contributed by atoms with E-state index in [4.69, 9.17) is 0 Å². The van der Waals surface area contributed by atoms with Gasteiger partial charge in [0.1, 0.15) is 5.82 Å². The third kappa shape index (κ3) is 4.18. The van der Waals surface area contributed by atoms with Crippen LogP contribution in [0.25, 0.3) is 0 Å². The molecular formula is C16H27FN2O. The van der Waals surface area contributed by atoms with E-state index in [0.29, 0.717) is 12.1 Å². The van der Waals surface area contributed by atoms with Gasteiger partial charge in [-0.2, -0.15) is 0 Å². The third-order valence-corrected chi connectivity index (χ3v) is 3.57. The number of nitrogens with zero attached hydrogens (tertiary/aromatic N) is 1. The van der Waals surface area contributed by atoms with Gasteiger partial charge in [0, 0.05) is 24.8 Å². The smallest absolute Gasteiger partial charge is 0.126 e. The molecule has 0 spiro atoms. The molecule has 0 radical (unpaired) electrons. The molecule has 20 heavy (non-hydrogen) atoms. The molecule has 1 aromatic carbocycles. The van der Waals surface area contributed by atoms with Crippen molar-refractivity contribution < 1.29 is 9.50 Å². The number of aliphatic hydroxyl groups excluding tert-OH is 1. The van der Waals surface area contributed by atoms with Crippen LogP contribution in [0.1, 0.15) is 44.4 Å². The lowest BCUT2D eigenvalue weighted by Gasteiger charge is -2.28. The SMILES string of the molecule is CCCNC(C)c1cc(F)c(C)cc1N(CC)CCO. The first-order chi connectivity index (χ1) is 9.54. The Bertz CT molecular complexity index is 423. The first-order valence-electron chi connectivity index (χ1n) is 7.44. The molecule has 1 unspecified atom stereocenters. The third-order valence-electron chi connectivity index (χ3n) is 3.57. The van der Waals surface area contributed by atoms with E-state index in [0.717, 1.165) is 30.8 Å². The van der Waals surface area contributed by atoms with Crippen molar-refractivity contribution in [1.82, 2.24) is 5.32 Å². The Hall–Kier alpha value is -1.13. The summed E-state index contributed by atoms with van der Waals surface area (Å²) >= 11 is 0. The molecule has 0 saturated carbocycles. The number of hydrogen-bond donors (Lipinski definition) is 2. The summed E-state index contributed by atoms with van der Waals surface area (Å²) in [4.78, 5) is 2.09. The van der Waals surface area contributed by atoms with Crippen molar-refractivity contribution in [2.45, 2.75) is 40.2 Å². The van der Waals surface area contributed by atoms with Gasteiger partial charge in [0.2, 0.25) is 0 Å². The molecule has 3 nitrogen and oxygen atoms in total. The molecule has 0 aliphatic rings. The van der Waals surface area contributed by atoms with Gasteiger partial charge in [-0.25, -0.2) is 4.39 Å². The maximum absolute atomic E-state index is 13.9. The summed E-state index contributed by atoms with van der Waals surface area (Å²) in [5.41, 5.74) is 2.61. The lowest BCUT2D eigenvalue weighted by atomic mass is 10.0. The zero-order valence-corrected chi connectivity index (χ0v) is 13.0. The summed E-state index contributed by atoms with van der Waals surface area (Å²) in [6.07, 6.45) is 1.04. The maximum Gasteiger partial charge on any atom is 0.126 e. The van der Waals surface area contributed by atoms with Crippen LogP contribution < -0.4 is 10.2 Å². The minimum atomic E-state index is -0.172. The molecular weight excluding hydrogens is 255 g/mol. The Morgan fingerprint density at radius 3 is 2.60 bits per heavy atom. The number of nitrogens with one attached hydrogen (secondary N) is 1. The number of benzene rings is 1. The Labute approximate surface area is 121 Å². The predicted molar refractivity (Wildman–Crippen MR) is 82.8 cm³/mol. The number of hydrogen-bond acceptors (Lipinski definition) is 3. The first-order valence-corrected chi connectivity index (χ1v) is 7.44. The number of likely N-dealkylation sites (N-methyl/N-ethyl adjacent to an activating group) is 1. The van der Waals surface area contributed by atoms with Crippen LogP contribution in [0.15, 0.2) is 12.1 Å². The summed E-state index contributed by atoms with van der Waals surface area (Å²) in [5.74, 6) is -0.172. The summed E-state index contributed by atoms with van der Waals surface area (Å²) in [6.45, 7) is 10.3. The molecule has 114 valence electrons. The van der Waals surface area contributed by atoms with E-state index in [1.165, 1.54) is 0 Å². The monoisotopic (exact) mass is 282 g/mol. The number of aliphatic hydroxyl groups is 1. The molecule has 1 atom stereocenters. The average molecular weight is 282 g/mol. The first kappa shape index (κ1) is 16.9. The summed E-state index contributed by atoms with van der Waals surface area (Å²) in [6, 6.07) is 3.60. The number of halogens is 1. The van der Waals surface area contributed by atoms with E-state index in [-0.39, 0.29) is 18.5 Å². The second-order valence-electron chi connectivity index (χ2n) is 5.14. The van der Waals surface area contributed by atoms with Crippen molar-refractivity contribution in [2.75, 3.05) is 31.1 Å². The number of anilines is 1. The van der Waals surface area contributed by atoms with Gasteiger partial charge in [-0.05, 0) is 57.0 Å². The number of aryl methyl sites for hydroxylation is 1. The highest BCUT2D eigenvalue weighted by atomic mass is 19.1. The summed E-state index contributed by atoms with van der Waals surface area (Å²) < 4.78 is 13.9. The molecule has 0 aliphatic carbocycles. The van der Waals surface area contributed by atoms with E-state index in [1.54, 1.807) is 13.0 Å². The standard InChI is InChI=1S/C16H27FN2O/c1-5-7-18-13(4)14-11-15(17)12(3)10-16(14)19(6-2)8-9-20/h10-11,13,18,20H,5-9H2,1-4H3. The van der Waals surface area contributed by atoms with Gasteiger partial charge >= 0.3 is 0 Å². The summed E-state index contributed by atoms with van der Waals surface area (Å²) in [5, 5.41) is 12.6. The topological polar surface area (TPSA) is 35.5 Å². The fourth-order valence-electron chi connectivity index (χ4n) is 2.34. The highest BCUT2D eigenvalue weighted by Crippen LogP contribution is 2.29. The zero-order valence-electron chi connectivity index (χ0n) is 13.0. The van der Waals surface area contributed by atoms with Crippen LogP contribution in [0.3, 0.4) is 0 Å². The fraction of sp³-hybridized carbons (Fsp3) is 0.625. The quantitative estimate of drug-likeness (QED) is 0.769. The second-order valence-corrected chi connectivity index (χ2v) is 5.14. The van der Waals surface area contributed by atoms with Crippen molar-refractivity contribution >= 4 is 5.69 Å². The van der Waals surface area contributed by atoms with Crippen LogP contribution in [0.2, 0.25) is 0 Å². The van der Waals surface area contributed by atoms with Crippen LogP contribution in [-0.4, -0.2) is 31.3 Å². The van der Waals surface area contributed by atoms with Crippen molar-refractivity contribution in [3.63, 3.8) is 0 Å². The molecule has 2 N–H and O–H groups in total. The number of rotatable bonds is 8. The molecule has 0 saturated heterocycles. The van der Waals surface area contributed by atoms with Crippen LogP contribution in [0.5, 0.6) is 0 Å². The van der Waals surface area contributed by atoms with Gasteiger partial charge in [0.05, 0.1) is 6.61 Å². The largest absolute Gasteiger partial charge is 0.395 e. The summed E-state index contributed by atoms with van der Waals surface area (Å²) in [7, 11) is 0.